The molecule has 1 aliphatic rings. The van der Waals surface area contributed by atoms with Crippen molar-refractivity contribution in [2.24, 2.45) is 0 Å². The van der Waals surface area contributed by atoms with Crippen LogP contribution in [0.2, 0.25) is 0 Å². The Hall–Kier alpha value is -6.20. The fourth-order valence-corrected chi connectivity index (χ4v) is 6.17. The number of nitrogens with zero attached hydrogens (tertiary/aromatic N) is 4. The molecule has 0 radical (unpaired) electrons. The predicted molar refractivity (Wildman–Crippen MR) is 180 cm³/mol. The number of rotatable bonds is 4. The fourth-order valence-electron chi connectivity index (χ4n) is 6.17. The maximum Gasteiger partial charge on any atom is 0.164 e. The first-order valence-corrected chi connectivity index (χ1v) is 14.9. The molecule has 0 bridgehead atoms. The highest BCUT2D eigenvalue weighted by Crippen LogP contribution is 2.48. The van der Waals surface area contributed by atoms with E-state index in [4.69, 9.17) is 24.7 Å². The van der Waals surface area contributed by atoms with Crippen molar-refractivity contribution in [1.29, 1.82) is 0 Å². The summed E-state index contributed by atoms with van der Waals surface area (Å²) >= 11 is 0. The zero-order valence-corrected chi connectivity index (χ0v) is 24.1. The summed E-state index contributed by atoms with van der Waals surface area (Å²) in [4.78, 5) is 19.6. The number of para-hydroxylation sites is 1. The molecule has 0 saturated carbocycles. The summed E-state index contributed by atoms with van der Waals surface area (Å²) in [7, 11) is 0. The molecule has 0 fully saturated rings. The maximum atomic E-state index is 6.32. The first-order valence-electron chi connectivity index (χ1n) is 14.9. The van der Waals surface area contributed by atoms with E-state index in [0.717, 1.165) is 66.6 Å². The van der Waals surface area contributed by atoms with Crippen molar-refractivity contribution in [2.75, 3.05) is 0 Å². The van der Waals surface area contributed by atoms with Crippen molar-refractivity contribution in [3.05, 3.63) is 146 Å². The number of fused-ring (bicyclic) bond motifs is 3. The molecule has 9 rings (SSSR count). The lowest BCUT2D eigenvalue weighted by Gasteiger charge is -2.22. The van der Waals surface area contributed by atoms with Crippen molar-refractivity contribution < 1.29 is 4.74 Å². The van der Waals surface area contributed by atoms with E-state index in [1.54, 1.807) is 0 Å². The minimum absolute atomic E-state index is 0.625. The van der Waals surface area contributed by atoms with E-state index < -0.39 is 0 Å². The molecule has 0 unspecified atom stereocenters. The molecule has 2 aromatic heterocycles. The van der Waals surface area contributed by atoms with Crippen LogP contribution >= 0.6 is 0 Å². The summed E-state index contributed by atoms with van der Waals surface area (Å²) in [5.41, 5.74) is 7.04. The van der Waals surface area contributed by atoms with Gasteiger partial charge in [-0.1, -0.05) is 109 Å². The van der Waals surface area contributed by atoms with Gasteiger partial charge in [0.1, 0.15) is 11.5 Å². The highest BCUT2D eigenvalue weighted by molar-refractivity contribution is 6.10. The standard InChI is InChI=1S/C40H24N4O/c1-3-10-25(11-4-1)38-42-39(26-12-5-2-6-13-26)44-40(43-38)27-18-19-28-24-41-34(23-29(28)22-27)30-20-21-36-37-32(30)15-9-16-33(37)31-14-7-8-17-35(31)45-36/h1-24H. The average molecular weight is 577 g/mol. The minimum Gasteiger partial charge on any atom is -0.456 e. The third-order valence-corrected chi connectivity index (χ3v) is 8.35. The Bertz CT molecular complexity index is 2350. The van der Waals surface area contributed by atoms with Gasteiger partial charge in [0.2, 0.25) is 0 Å². The van der Waals surface area contributed by atoms with Gasteiger partial charge in [-0.15, -0.1) is 0 Å². The van der Waals surface area contributed by atoms with Crippen LogP contribution in [0, 0.1) is 0 Å². The van der Waals surface area contributed by atoms with Crippen molar-refractivity contribution in [3.8, 4) is 68.0 Å². The third-order valence-electron chi connectivity index (χ3n) is 8.35. The summed E-state index contributed by atoms with van der Waals surface area (Å²) in [5.74, 6) is 3.65. The lowest BCUT2D eigenvalue weighted by Crippen LogP contribution is -2.00. The number of benzene rings is 6. The van der Waals surface area contributed by atoms with E-state index in [2.05, 4.69) is 66.7 Å². The van der Waals surface area contributed by atoms with Crippen LogP contribution in [0.4, 0.5) is 0 Å². The molecule has 3 heterocycles. The third kappa shape index (κ3) is 4.33. The summed E-state index contributed by atoms with van der Waals surface area (Å²) in [6, 6.07) is 47.3. The Morgan fingerprint density at radius 3 is 1.84 bits per heavy atom. The number of hydrogen-bond acceptors (Lipinski definition) is 5. The second-order valence-electron chi connectivity index (χ2n) is 11.1. The predicted octanol–water partition coefficient (Wildman–Crippen LogP) is 10.0. The topological polar surface area (TPSA) is 60.8 Å². The van der Waals surface area contributed by atoms with E-state index in [1.807, 2.05) is 79.0 Å². The number of hydrogen-bond donors (Lipinski definition) is 0. The van der Waals surface area contributed by atoms with Crippen molar-refractivity contribution in [2.45, 2.75) is 0 Å². The average Bonchev–Trinajstić information content (AvgIpc) is 3.12. The fraction of sp³-hybridized carbons (Fsp3) is 0. The lowest BCUT2D eigenvalue weighted by atomic mass is 9.91. The SMILES string of the molecule is c1ccc(-c2nc(-c3ccccc3)nc(-c3ccc4cnc(-c5ccc6c7c(cccc57)-c5ccccc5O6)cc4c3)n2)cc1. The van der Waals surface area contributed by atoms with Gasteiger partial charge in [-0.2, -0.15) is 0 Å². The van der Waals surface area contributed by atoms with Gasteiger partial charge >= 0.3 is 0 Å². The van der Waals surface area contributed by atoms with Crippen LogP contribution in [-0.4, -0.2) is 19.9 Å². The summed E-state index contributed by atoms with van der Waals surface area (Å²) in [6.45, 7) is 0. The Kier molecular flexibility index (Phi) is 5.74. The monoisotopic (exact) mass is 576 g/mol. The highest BCUT2D eigenvalue weighted by Gasteiger charge is 2.21. The Morgan fingerprint density at radius 1 is 0.422 bits per heavy atom. The van der Waals surface area contributed by atoms with Gasteiger partial charge in [-0.25, -0.2) is 15.0 Å². The molecule has 0 atom stereocenters. The van der Waals surface area contributed by atoms with Gasteiger partial charge in [0.15, 0.2) is 17.5 Å². The van der Waals surface area contributed by atoms with Crippen LogP contribution in [0.3, 0.4) is 0 Å². The Balaban J connectivity index is 1.18. The number of pyridine rings is 1. The molecular weight excluding hydrogens is 552 g/mol. The highest BCUT2D eigenvalue weighted by atomic mass is 16.5. The normalized spacial score (nSPS) is 11.7. The van der Waals surface area contributed by atoms with Crippen LogP contribution in [0.25, 0.3) is 78.1 Å². The van der Waals surface area contributed by atoms with Crippen LogP contribution in [0.15, 0.2) is 146 Å². The van der Waals surface area contributed by atoms with Crippen molar-refractivity contribution in [1.82, 2.24) is 19.9 Å². The van der Waals surface area contributed by atoms with Crippen LogP contribution in [-0.2, 0) is 0 Å². The molecule has 1 aliphatic heterocycles. The van der Waals surface area contributed by atoms with Crippen molar-refractivity contribution in [3.63, 3.8) is 0 Å². The van der Waals surface area contributed by atoms with E-state index in [1.165, 1.54) is 5.56 Å². The molecule has 0 N–H and O–H groups in total. The van der Waals surface area contributed by atoms with Gasteiger partial charge in [0.05, 0.1) is 5.69 Å². The molecule has 5 nitrogen and oxygen atoms in total. The molecule has 6 aromatic carbocycles. The van der Waals surface area contributed by atoms with Gasteiger partial charge in [-0.3, -0.25) is 4.98 Å². The van der Waals surface area contributed by atoms with Gasteiger partial charge in [0.25, 0.3) is 0 Å². The Morgan fingerprint density at radius 2 is 1.09 bits per heavy atom. The second-order valence-corrected chi connectivity index (χ2v) is 11.1. The molecule has 8 aromatic rings. The van der Waals surface area contributed by atoms with Crippen LogP contribution in [0.5, 0.6) is 11.5 Å². The van der Waals surface area contributed by atoms with Gasteiger partial charge < -0.3 is 4.74 Å². The van der Waals surface area contributed by atoms with E-state index in [0.29, 0.717) is 17.5 Å². The molecular formula is C40H24N4O. The molecule has 0 saturated heterocycles. The quantitative estimate of drug-likeness (QED) is 0.209. The van der Waals surface area contributed by atoms with E-state index in [9.17, 15) is 0 Å². The van der Waals surface area contributed by atoms with Gasteiger partial charge in [-0.05, 0) is 46.7 Å². The first-order chi connectivity index (χ1) is 22.3. The Labute approximate surface area is 259 Å². The molecule has 5 heteroatoms. The van der Waals surface area contributed by atoms with E-state index >= 15 is 0 Å². The largest absolute Gasteiger partial charge is 0.456 e. The summed E-state index contributed by atoms with van der Waals surface area (Å²) in [5, 5.41) is 4.32. The van der Waals surface area contributed by atoms with Gasteiger partial charge in [0, 0.05) is 44.8 Å². The maximum absolute atomic E-state index is 6.32. The molecule has 0 amide bonds. The van der Waals surface area contributed by atoms with Crippen LogP contribution < -0.4 is 4.74 Å². The first kappa shape index (κ1) is 25.3. The van der Waals surface area contributed by atoms with Crippen molar-refractivity contribution >= 4 is 21.5 Å². The summed E-state index contributed by atoms with van der Waals surface area (Å²) < 4.78 is 6.32. The zero-order valence-electron chi connectivity index (χ0n) is 24.1. The number of ether oxygens (including phenoxy) is 1. The molecule has 0 spiro atoms. The summed E-state index contributed by atoms with van der Waals surface area (Å²) in [6.07, 6.45) is 1.94. The molecule has 45 heavy (non-hydrogen) atoms. The second kappa shape index (κ2) is 10.2. The van der Waals surface area contributed by atoms with E-state index in [-0.39, 0.29) is 0 Å². The smallest absolute Gasteiger partial charge is 0.164 e. The minimum atomic E-state index is 0.625. The number of aromatic nitrogens is 4. The lowest BCUT2D eigenvalue weighted by molar-refractivity contribution is 0.487. The zero-order chi connectivity index (χ0) is 29.7. The van der Waals surface area contributed by atoms with Crippen LogP contribution in [0.1, 0.15) is 0 Å². The molecule has 0 aliphatic carbocycles. The molecule has 210 valence electrons.